The largest absolute Gasteiger partial charge is 0.378 e. The SMILES string of the molecule is C[C@H](Cn1cc(Cl)cn1)C(=O)Nc1ccc(-c2csc(N3CCOCC3)n2)cc1. The lowest BCUT2D eigenvalue weighted by Crippen LogP contribution is -2.36. The molecule has 0 unspecified atom stereocenters. The van der Waals surface area contributed by atoms with E-state index in [1.807, 2.05) is 31.2 Å². The lowest BCUT2D eigenvalue weighted by molar-refractivity contribution is -0.119. The minimum atomic E-state index is -0.236. The summed E-state index contributed by atoms with van der Waals surface area (Å²) in [4.78, 5) is 19.4. The molecule has 3 aromatic rings. The summed E-state index contributed by atoms with van der Waals surface area (Å²) < 4.78 is 7.07. The molecule has 1 aromatic carbocycles. The molecule has 0 radical (unpaired) electrons. The molecule has 7 nitrogen and oxygen atoms in total. The van der Waals surface area contributed by atoms with Crippen molar-refractivity contribution < 1.29 is 9.53 Å². The zero-order chi connectivity index (χ0) is 20.2. The van der Waals surface area contributed by atoms with Crippen LogP contribution in [0.4, 0.5) is 10.8 Å². The van der Waals surface area contributed by atoms with E-state index in [4.69, 9.17) is 21.3 Å². The third-order valence-corrected chi connectivity index (χ3v) is 5.83. The molecule has 3 heterocycles. The number of nitrogens with zero attached hydrogens (tertiary/aromatic N) is 4. The molecule has 152 valence electrons. The first-order chi connectivity index (χ1) is 14.1. The molecular weight excluding hydrogens is 410 g/mol. The van der Waals surface area contributed by atoms with E-state index in [-0.39, 0.29) is 11.8 Å². The summed E-state index contributed by atoms with van der Waals surface area (Å²) in [7, 11) is 0. The van der Waals surface area contributed by atoms with Crippen LogP contribution in [-0.2, 0) is 16.1 Å². The molecule has 1 aliphatic heterocycles. The number of rotatable bonds is 6. The molecule has 0 spiro atoms. The number of aromatic nitrogens is 3. The van der Waals surface area contributed by atoms with Crippen molar-refractivity contribution in [2.24, 2.45) is 5.92 Å². The molecule has 0 aliphatic carbocycles. The van der Waals surface area contributed by atoms with Crippen LogP contribution >= 0.6 is 22.9 Å². The summed E-state index contributed by atoms with van der Waals surface area (Å²) in [5.74, 6) is -0.298. The Labute approximate surface area is 178 Å². The van der Waals surface area contributed by atoms with Gasteiger partial charge in [0.05, 0.1) is 42.6 Å². The van der Waals surface area contributed by atoms with Gasteiger partial charge in [-0.3, -0.25) is 9.48 Å². The van der Waals surface area contributed by atoms with Gasteiger partial charge in [-0.1, -0.05) is 30.7 Å². The summed E-state index contributed by atoms with van der Waals surface area (Å²) in [5.41, 5.74) is 2.73. The molecule has 1 amide bonds. The molecule has 0 saturated carbocycles. The zero-order valence-corrected chi connectivity index (χ0v) is 17.6. The van der Waals surface area contributed by atoms with E-state index in [2.05, 4.69) is 20.7 Å². The molecule has 0 bridgehead atoms. The minimum Gasteiger partial charge on any atom is -0.378 e. The number of hydrogen-bond acceptors (Lipinski definition) is 6. The zero-order valence-electron chi connectivity index (χ0n) is 16.0. The van der Waals surface area contributed by atoms with Crippen molar-refractivity contribution in [3.8, 4) is 11.3 Å². The Kier molecular flexibility index (Phi) is 6.13. The predicted octanol–water partition coefficient (Wildman–Crippen LogP) is 3.77. The van der Waals surface area contributed by atoms with Gasteiger partial charge in [-0.05, 0) is 12.1 Å². The van der Waals surface area contributed by atoms with Gasteiger partial charge in [0.25, 0.3) is 0 Å². The van der Waals surface area contributed by atoms with Gasteiger partial charge in [0.1, 0.15) is 0 Å². The maximum Gasteiger partial charge on any atom is 0.229 e. The van der Waals surface area contributed by atoms with Gasteiger partial charge in [0.15, 0.2) is 5.13 Å². The molecule has 1 aliphatic rings. The molecular formula is C20H22ClN5O2S. The van der Waals surface area contributed by atoms with Crippen LogP contribution in [0.1, 0.15) is 6.92 Å². The fourth-order valence-electron chi connectivity index (χ4n) is 3.09. The van der Waals surface area contributed by atoms with Gasteiger partial charge in [-0.2, -0.15) is 5.10 Å². The maximum absolute atomic E-state index is 12.4. The lowest BCUT2D eigenvalue weighted by Gasteiger charge is -2.26. The summed E-state index contributed by atoms with van der Waals surface area (Å²) in [6, 6.07) is 7.76. The highest BCUT2D eigenvalue weighted by Crippen LogP contribution is 2.28. The normalized spacial score (nSPS) is 15.3. The van der Waals surface area contributed by atoms with Crippen LogP contribution in [0.3, 0.4) is 0 Å². The van der Waals surface area contributed by atoms with Crippen molar-refractivity contribution in [1.82, 2.24) is 14.8 Å². The number of hydrogen-bond donors (Lipinski definition) is 1. The Balaban J connectivity index is 1.36. The highest BCUT2D eigenvalue weighted by atomic mass is 35.5. The fourth-order valence-corrected chi connectivity index (χ4v) is 4.13. The molecule has 1 saturated heterocycles. The first-order valence-electron chi connectivity index (χ1n) is 9.46. The lowest BCUT2D eigenvalue weighted by atomic mass is 10.1. The number of ether oxygens (including phenoxy) is 1. The first kappa shape index (κ1) is 19.9. The van der Waals surface area contributed by atoms with E-state index >= 15 is 0 Å². The number of amides is 1. The van der Waals surface area contributed by atoms with Crippen LogP contribution in [0.15, 0.2) is 42.0 Å². The Morgan fingerprint density at radius 3 is 2.76 bits per heavy atom. The van der Waals surface area contributed by atoms with Crippen LogP contribution in [0, 0.1) is 5.92 Å². The van der Waals surface area contributed by atoms with Crippen molar-refractivity contribution in [2.45, 2.75) is 13.5 Å². The van der Waals surface area contributed by atoms with E-state index in [1.165, 1.54) is 0 Å². The number of carbonyl (C=O) groups excluding carboxylic acids is 1. The van der Waals surface area contributed by atoms with Crippen molar-refractivity contribution in [2.75, 3.05) is 36.5 Å². The van der Waals surface area contributed by atoms with Gasteiger partial charge in [0.2, 0.25) is 5.91 Å². The van der Waals surface area contributed by atoms with E-state index in [0.29, 0.717) is 11.6 Å². The Morgan fingerprint density at radius 1 is 1.31 bits per heavy atom. The number of halogens is 1. The smallest absolute Gasteiger partial charge is 0.229 e. The number of carbonyl (C=O) groups is 1. The number of nitrogens with one attached hydrogen (secondary N) is 1. The number of thiazole rings is 1. The van der Waals surface area contributed by atoms with Gasteiger partial charge < -0.3 is 15.0 Å². The Hall–Kier alpha value is -2.42. The molecule has 1 atom stereocenters. The van der Waals surface area contributed by atoms with Crippen LogP contribution in [0.5, 0.6) is 0 Å². The second kappa shape index (κ2) is 8.94. The predicted molar refractivity (Wildman–Crippen MR) is 116 cm³/mol. The highest BCUT2D eigenvalue weighted by molar-refractivity contribution is 7.14. The van der Waals surface area contributed by atoms with E-state index in [0.717, 1.165) is 48.4 Å². The number of morpholine rings is 1. The Bertz CT molecular complexity index is 965. The average Bonchev–Trinajstić information content (AvgIpc) is 3.38. The summed E-state index contributed by atoms with van der Waals surface area (Å²) in [6.45, 7) is 5.58. The van der Waals surface area contributed by atoms with Gasteiger partial charge in [-0.25, -0.2) is 4.98 Å². The number of benzene rings is 1. The molecule has 2 aromatic heterocycles. The monoisotopic (exact) mass is 431 g/mol. The van der Waals surface area contributed by atoms with Crippen molar-refractivity contribution in [1.29, 1.82) is 0 Å². The fraction of sp³-hybridized carbons (Fsp3) is 0.350. The second-order valence-electron chi connectivity index (χ2n) is 6.96. The topological polar surface area (TPSA) is 72.3 Å². The van der Waals surface area contributed by atoms with Gasteiger partial charge in [0, 0.05) is 35.9 Å². The molecule has 4 rings (SSSR count). The van der Waals surface area contributed by atoms with E-state index in [1.54, 1.807) is 28.4 Å². The summed E-state index contributed by atoms with van der Waals surface area (Å²) >= 11 is 7.51. The van der Waals surface area contributed by atoms with Gasteiger partial charge in [-0.15, -0.1) is 11.3 Å². The molecule has 1 fully saturated rings. The minimum absolute atomic E-state index is 0.0624. The van der Waals surface area contributed by atoms with Crippen LogP contribution in [0.25, 0.3) is 11.3 Å². The van der Waals surface area contributed by atoms with Gasteiger partial charge >= 0.3 is 0 Å². The summed E-state index contributed by atoms with van der Waals surface area (Å²) in [6.07, 6.45) is 3.27. The number of anilines is 2. The Morgan fingerprint density at radius 2 is 2.07 bits per heavy atom. The average molecular weight is 432 g/mol. The van der Waals surface area contributed by atoms with Crippen molar-refractivity contribution in [3.63, 3.8) is 0 Å². The molecule has 29 heavy (non-hydrogen) atoms. The summed E-state index contributed by atoms with van der Waals surface area (Å²) in [5, 5.41) is 10.7. The third-order valence-electron chi connectivity index (χ3n) is 4.73. The van der Waals surface area contributed by atoms with Crippen molar-refractivity contribution >= 4 is 39.7 Å². The van der Waals surface area contributed by atoms with Crippen molar-refractivity contribution in [3.05, 3.63) is 47.1 Å². The van der Waals surface area contributed by atoms with E-state index < -0.39 is 0 Å². The third kappa shape index (κ3) is 4.95. The highest BCUT2D eigenvalue weighted by Gasteiger charge is 2.16. The van der Waals surface area contributed by atoms with Crippen LogP contribution in [-0.4, -0.2) is 47.0 Å². The van der Waals surface area contributed by atoms with Crippen LogP contribution < -0.4 is 10.2 Å². The molecule has 9 heteroatoms. The second-order valence-corrected chi connectivity index (χ2v) is 8.24. The standard InChI is InChI=1S/C20H22ClN5O2S/c1-14(11-26-12-16(21)10-22-26)19(27)23-17-4-2-15(3-5-17)18-13-29-20(24-18)25-6-8-28-9-7-25/h2-5,10,12-14H,6-9,11H2,1H3,(H,23,27)/t14-/m1/s1. The maximum atomic E-state index is 12.4. The first-order valence-corrected chi connectivity index (χ1v) is 10.7. The van der Waals surface area contributed by atoms with E-state index in [9.17, 15) is 4.79 Å². The quantitative estimate of drug-likeness (QED) is 0.643. The van der Waals surface area contributed by atoms with Crippen LogP contribution in [0.2, 0.25) is 5.02 Å². The molecule has 1 N–H and O–H groups in total.